The number of carbonyl (C=O) groups excluding carboxylic acids is 1. The van der Waals surface area contributed by atoms with Gasteiger partial charge in [-0.15, -0.1) is 0 Å². The molecule has 42 heavy (non-hydrogen) atoms. The number of allylic oxidation sites excluding steroid dienone is 1. The maximum Gasteiger partial charge on any atom is 0.338 e. The summed E-state index contributed by atoms with van der Waals surface area (Å²) in [6, 6.07) is 8.21. The molecule has 0 spiro atoms. The molecule has 0 amide bonds. The highest BCUT2D eigenvalue weighted by molar-refractivity contribution is 5.89. The Labute approximate surface area is 258 Å². The first kappa shape index (κ1) is 31.8. The molecule has 1 unspecified atom stereocenters. The van der Waals surface area contributed by atoms with Crippen LogP contribution in [0.15, 0.2) is 35.9 Å². The predicted molar refractivity (Wildman–Crippen MR) is 177 cm³/mol. The van der Waals surface area contributed by atoms with E-state index in [9.17, 15) is 4.79 Å². The van der Waals surface area contributed by atoms with E-state index >= 15 is 0 Å². The molecule has 8 atom stereocenters. The largest absolute Gasteiger partial charge is 0.458 e. The van der Waals surface area contributed by atoms with Crippen molar-refractivity contribution in [3.8, 4) is 0 Å². The Morgan fingerprint density at radius 1 is 0.905 bits per heavy atom. The van der Waals surface area contributed by atoms with E-state index in [1.165, 1.54) is 89.0 Å². The lowest BCUT2D eigenvalue weighted by Gasteiger charge is -2.58. The molecule has 5 rings (SSSR count). The van der Waals surface area contributed by atoms with Crippen molar-refractivity contribution in [1.29, 1.82) is 0 Å². The molecule has 3 fully saturated rings. The van der Waals surface area contributed by atoms with Gasteiger partial charge in [0, 0.05) is 6.42 Å². The second-order valence-electron chi connectivity index (χ2n) is 16.1. The maximum atomic E-state index is 13.1. The van der Waals surface area contributed by atoms with Crippen molar-refractivity contribution in [3.63, 3.8) is 0 Å². The normalized spacial score (nSPS) is 34.7. The Hall–Kier alpha value is -1.57. The van der Waals surface area contributed by atoms with Gasteiger partial charge in [0.15, 0.2) is 0 Å². The number of hydrogen-bond acceptors (Lipinski definition) is 2. The Morgan fingerprint density at radius 2 is 1.69 bits per heavy atom. The lowest BCUT2D eigenvalue weighted by molar-refractivity contribution is -0.0594. The van der Waals surface area contributed by atoms with Crippen LogP contribution in [0, 0.1) is 46.3 Å². The van der Waals surface area contributed by atoms with Gasteiger partial charge in [-0.3, -0.25) is 0 Å². The zero-order valence-electron chi connectivity index (χ0n) is 28.1. The molecule has 0 aliphatic heterocycles. The third-order valence-corrected chi connectivity index (χ3v) is 13.0. The van der Waals surface area contributed by atoms with Crippen molar-refractivity contribution in [1.82, 2.24) is 0 Å². The van der Waals surface area contributed by atoms with Crippen molar-refractivity contribution < 1.29 is 9.53 Å². The van der Waals surface area contributed by atoms with Crippen LogP contribution in [0.2, 0.25) is 0 Å². The van der Waals surface area contributed by atoms with Crippen LogP contribution in [0.1, 0.15) is 154 Å². The number of benzene rings is 1. The van der Waals surface area contributed by atoms with Gasteiger partial charge in [-0.25, -0.2) is 4.79 Å². The van der Waals surface area contributed by atoms with Gasteiger partial charge in [0.05, 0.1) is 5.56 Å². The topological polar surface area (TPSA) is 26.3 Å². The fourth-order valence-corrected chi connectivity index (χ4v) is 10.5. The van der Waals surface area contributed by atoms with Gasteiger partial charge in [-0.1, -0.05) is 104 Å². The number of hydrogen-bond donors (Lipinski definition) is 0. The van der Waals surface area contributed by atoms with Crippen molar-refractivity contribution in [3.05, 3.63) is 47.0 Å². The average Bonchev–Trinajstić information content (AvgIpc) is 3.33. The van der Waals surface area contributed by atoms with Crippen molar-refractivity contribution in [2.75, 3.05) is 0 Å². The molecule has 1 aromatic rings. The minimum atomic E-state index is -0.136. The first-order valence-corrected chi connectivity index (χ1v) is 18.1. The fourth-order valence-electron chi connectivity index (χ4n) is 10.5. The second-order valence-corrected chi connectivity index (χ2v) is 16.1. The minimum Gasteiger partial charge on any atom is -0.458 e. The summed E-state index contributed by atoms with van der Waals surface area (Å²) in [7, 11) is 0. The first-order valence-electron chi connectivity index (χ1n) is 18.1. The molecule has 0 N–H and O–H groups in total. The highest BCUT2D eigenvalue weighted by Crippen LogP contribution is 2.67. The van der Waals surface area contributed by atoms with Crippen LogP contribution in [-0.2, 0) is 11.2 Å². The molecule has 234 valence electrons. The Bertz CT molecular complexity index is 1070. The quantitative estimate of drug-likeness (QED) is 0.141. The summed E-state index contributed by atoms with van der Waals surface area (Å²) >= 11 is 0. The summed E-state index contributed by atoms with van der Waals surface area (Å²) in [6.07, 6.45) is 23.2. The Morgan fingerprint density at radius 3 is 2.43 bits per heavy atom. The zero-order valence-corrected chi connectivity index (χ0v) is 28.1. The number of fused-ring (bicyclic) bond motifs is 5. The summed E-state index contributed by atoms with van der Waals surface area (Å²) in [5, 5.41) is 0. The van der Waals surface area contributed by atoms with E-state index in [-0.39, 0.29) is 12.1 Å². The standard InChI is InChI=1S/C40H62O2/c1-7-8-9-10-14-30-15-17-31(18-16-30)38(41)42-33-23-25-39(5)32(27-33)19-20-34-36-22-21-35(29(4)13-11-12-28(2)3)40(36,6)26-24-37(34)39/h15-19,28-29,33-37H,7-14,20-27H2,1-6H3/t29-,33+,34+,35-,36?,37+,39+,40-/m1/s1. The van der Waals surface area contributed by atoms with Gasteiger partial charge < -0.3 is 4.74 Å². The number of ether oxygens (including phenoxy) is 1. The van der Waals surface area contributed by atoms with Crippen LogP contribution in [0.4, 0.5) is 0 Å². The van der Waals surface area contributed by atoms with E-state index in [1.54, 1.807) is 5.57 Å². The molecular weight excluding hydrogens is 512 g/mol. The van der Waals surface area contributed by atoms with Crippen molar-refractivity contribution >= 4 is 5.97 Å². The third kappa shape index (κ3) is 6.58. The van der Waals surface area contributed by atoms with E-state index in [0.29, 0.717) is 16.4 Å². The van der Waals surface area contributed by atoms with Gasteiger partial charge >= 0.3 is 5.97 Å². The van der Waals surface area contributed by atoms with Crippen LogP contribution in [-0.4, -0.2) is 12.1 Å². The van der Waals surface area contributed by atoms with Crippen LogP contribution in [0.5, 0.6) is 0 Å². The lowest BCUT2D eigenvalue weighted by atomic mass is 9.47. The monoisotopic (exact) mass is 574 g/mol. The Balaban J connectivity index is 1.18. The minimum absolute atomic E-state index is 0.0264. The van der Waals surface area contributed by atoms with Crippen LogP contribution in [0.3, 0.4) is 0 Å². The second kappa shape index (κ2) is 13.6. The summed E-state index contributed by atoms with van der Waals surface area (Å²) in [4.78, 5) is 13.1. The zero-order chi connectivity index (χ0) is 29.9. The smallest absolute Gasteiger partial charge is 0.338 e. The number of carbonyl (C=O) groups is 1. The van der Waals surface area contributed by atoms with E-state index < -0.39 is 0 Å². The van der Waals surface area contributed by atoms with E-state index in [2.05, 4.69) is 59.8 Å². The molecule has 0 aromatic heterocycles. The maximum absolute atomic E-state index is 13.1. The molecule has 4 aliphatic rings. The molecule has 2 heteroatoms. The molecule has 0 heterocycles. The fraction of sp³-hybridized carbons (Fsp3) is 0.775. The van der Waals surface area contributed by atoms with E-state index in [4.69, 9.17) is 4.74 Å². The summed E-state index contributed by atoms with van der Waals surface area (Å²) < 4.78 is 6.15. The van der Waals surface area contributed by atoms with Gasteiger partial charge in [0.2, 0.25) is 0 Å². The Kier molecular flexibility index (Phi) is 10.3. The molecular formula is C40H62O2. The molecule has 1 aromatic carbocycles. The SMILES string of the molecule is CCCCCCc1ccc(C(=O)O[C@H]2CC[C@@]3(C)C(=CC[C@H]4C5CC[C@H]([C@H](C)CCCC(C)C)[C@@]5(C)CC[C@@H]43)C2)cc1. The number of rotatable bonds is 12. The molecule has 2 nitrogen and oxygen atoms in total. The van der Waals surface area contributed by atoms with E-state index in [0.717, 1.165) is 54.8 Å². The average molecular weight is 575 g/mol. The number of aryl methyl sites for hydroxylation is 1. The number of esters is 1. The van der Waals surface area contributed by atoms with Crippen molar-refractivity contribution in [2.24, 2.45) is 46.3 Å². The highest BCUT2D eigenvalue weighted by Gasteiger charge is 2.59. The van der Waals surface area contributed by atoms with Gasteiger partial charge in [-0.05, 0) is 122 Å². The van der Waals surface area contributed by atoms with Gasteiger partial charge in [-0.2, -0.15) is 0 Å². The summed E-state index contributed by atoms with van der Waals surface area (Å²) in [5.74, 6) is 5.04. The van der Waals surface area contributed by atoms with Crippen LogP contribution >= 0.6 is 0 Å². The molecule has 0 radical (unpaired) electrons. The molecule has 0 bridgehead atoms. The molecule has 3 saturated carbocycles. The third-order valence-electron chi connectivity index (χ3n) is 13.0. The van der Waals surface area contributed by atoms with Crippen LogP contribution < -0.4 is 0 Å². The predicted octanol–water partition coefficient (Wildman–Crippen LogP) is 11.4. The van der Waals surface area contributed by atoms with Gasteiger partial charge in [0.1, 0.15) is 6.10 Å². The first-order chi connectivity index (χ1) is 20.2. The lowest BCUT2D eigenvalue weighted by Crippen LogP contribution is -2.51. The molecule has 4 aliphatic carbocycles. The summed E-state index contributed by atoms with van der Waals surface area (Å²) in [5.41, 5.74) is 4.48. The van der Waals surface area contributed by atoms with E-state index in [1.807, 2.05) is 12.1 Å². The van der Waals surface area contributed by atoms with Gasteiger partial charge in [0.25, 0.3) is 0 Å². The highest BCUT2D eigenvalue weighted by atomic mass is 16.5. The van der Waals surface area contributed by atoms with Crippen molar-refractivity contribution in [2.45, 2.75) is 150 Å². The number of unbranched alkanes of at least 4 members (excludes halogenated alkanes) is 3. The summed E-state index contributed by atoms with van der Waals surface area (Å²) in [6.45, 7) is 14.8. The molecule has 0 saturated heterocycles. The van der Waals surface area contributed by atoms with Crippen LogP contribution in [0.25, 0.3) is 0 Å².